The van der Waals surface area contributed by atoms with Crippen molar-refractivity contribution in [2.45, 2.75) is 64.7 Å². The van der Waals surface area contributed by atoms with Crippen molar-refractivity contribution >= 4 is 22.5 Å². The van der Waals surface area contributed by atoms with Gasteiger partial charge in [0.15, 0.2) is 0 Å². The third kappa shape index (κ3) is 6.17. The number of nitrogens with one attached hydrogen (secondary N) is 1. The maximum atomic E-state index is 14.8. The summed E-state index contributed by atoms with van der Waals surface area (Å²) in [6.07, 6.45) is 4.06. The number of amidine groups is 1. The number of carbonyl (C=O) groups excluding carboxylic acids is 1. The number of nitrogens with two attached hydrogens (primary N) is 1. The van der Waals surface area contributed by atoms with Gasteiger partial charge in [0, 0.05) is 13.1 Å². The molecule has 5 rings (SSSR count). The lowest BCUT2D eigenvalue weighted by molar-refractivity contribution is -0.124. The third-order valence-corrected chi connectivity index (χ3v) is 8.83. The zero-order valence-corrected chi connectivity index (χ0v) is 23.3. The second kappa shape index (κ2) is 11.5. The van der Waals surface area contributed by atoms with Crippen molar-refractivity contribution in [1.82, 2.24) is 10.2 Å². The molecule has 3 aromatic carbocycles. The molecule has 1 saturated carbocycles. The van der Waals surface area contributed by atoms with Crippen LogP contribution in [0.25, 0.3) is 10.8 Å². The number of piperidine rings is 1. The fraction of sp³-hybridized carbons (Fsp3) is 0.455. The number of alkyl halides is 1. The van der Waals surface area contributed by atoms with E-state index in [-0.39, 0.29) is 5.91 Å². The maximum absolute atomic E-state index is 14.8. The lowest BCUT2D eigenvalue weighted by Gasteiger charge is -2.32. The van der Waals surface area contributed by atoms with Gasteiger partial charge in [-0.1, -0.05) is 73.7 Å². The zero-order valence-electron chi connectivity index (χ0n) is 23.3. The minimum atomic E-state index is -1.29. The number of aliphatic imine (C=N–C) groups is 1. The summed E-state index contributed by atoms with van der Waals surface area (Å²) in [5.41, 5.74) is 7.52. The Morgan fingerprint density at radius 3 is 2.56 bits per heavy atom. The first kappa shape index (κ1) is 27.3. The molecule has 0 spiro atoms. The normalized spacial score (nSPS) is 19.5. The Morgan fingerprint density at radius 2 is 1.82 bits per heavy atom. The van der Waals surface area contributed by atoms with Crippen LogP contribution in [0.15, 0.2) is 71.7 Å². The topological polar surface area (TPSA) is 70.7 Å². The Bertz CT molecular complexity index is 1330. The van der Waals surface area contributed by atoms with Crippen molar-refractivity contribution in [2.75, 3.05) is 19.6 Å². The van der Waals surface area contributed by atoms with Crippen LogP contribution >= 0.6 is 0 Å². The molecule has 206 valence electrons. The molecular formula is C33H41FN4O. The minimum absolute atomic E-state index is 0.0195. The smallest absolute Gasteiger partial charge is 0.233 e. The van der Waals surface area contributed by atoms with Crippen molar-refractivity contribution in [3.63, 3.8) is 0 Å². The number of carbonyl (C=O) groups is 1. The van der Waals surface area contributed by atoms with Crippen molar-refractivity contribution in [3.05, 3.63) is 83.4 Å². The van der Waals surface area contributed by atoms with E-state index in [1.165, 1.54) is 10.8 Å². The molecule has 1 aliphatic heterocycles. The number of rotatable bonds is 10. The molecule has 0 unspecified atom stereocenters. The number of hydrogen-bond donors (Lipinski definition) is 2. The van der Waals surface area contributed by atoms with E-state index < -0.39 is 11.1 Å². The molecule has 0 radical (unpaired) electrons. The second-order valence-electron chi connectivity index (χ2n) is 11.6. The molecule has 2 aliphatic rings. The molecule has 39 heavy (non-hydrogen) atoms. The molecular weight excluding hydrogens is 487 g/mol. The Labute approximate surface area is 231 Å². The summed E-state index contributed by atoms with van der Waals surface area (Å²) < 4.78 is 14.8. The van der Waals surface area contributed by atoms with Crippen LogP contribution < -0.4 is 11.1 Å². The lowest BCUT2D eigenvalue weighted by atomic mass is 9.93. The van der Waals surface area contributed by atoms with Gasteiger partial charge in [-0.3, -0.25) is 14.7 Å². The van der Waals surface area contributed by atoms with Crippen LogP contribution in [0.2, 0.25) is 0 Å². The standard InChI is InChI=1S/C33H41FN4O/c1-3-32(2,34)28-12-6-8-25(20-28)23-38-18-14-24(15-19-38)21-37-31(39)33(16-17-33)30(35)36-22-27-11-7-10-26-9-4-5-13-29(26)27/h4-13,20,24H,3,14-19,21-23H2,1-2H3,(H2,35,36)(H,37,39)/t32-/m1/s1. The summed E-state index contributed by atoms with van der Waals surface area (Å²) in [4.78, 5) is 20.3. The van der Waals surface area contributed by atoms with Crippen molar-refractivity contribution < 1.29 is 9.18 Å². The van der Waals surface area contributed by atoms with Crippen LogP contribution in [0.1, 0.15) is 62.6 Å². The third-order valence-electron chi connectivity index (χ3n) is 8.83. The fourth-order valence-corrected chi connectivity index (χ4v) is 5.69. The second-order valence-corrected chi connectivity index (χ2v) is 11.6. The molecule has 0 aromatic heterocycles. The summed E-state index contributed by atoms with van der Waals surface area (Å²) in [5.74, 6) is 0.930. The van der Waals surface area contributed by atoms with E-state index in [4.69, 9.17) is 5.73 Å². The molecule has 3 aromatic rings. The van der Waals surface area contributed by atoms with Gasteiger partial charge in [0.05, 0.1) is 6.54 Å². The van der Waals surface area contributed by atoms with E-state index in [9.17, 15) is 9.18 Å². The first-order chi connectivity index (χ1) is 18.8. The van der Waals surface area contributed by atoms with Crippen molar-refractivity contribution in [3.8, 4) is 0 Å². The highest BCUT2D eigenvalue weighted by Gasteiger charge is 2.53. The van der Waals surface area contributed by atoms with Gasteiger partial charge in [-0.2, -0.15) is 0 Å². The summed E-state index contributed by atoms with van der Waals surface area (Å²) in [6, 6.07) is 22.4. The molecule has 0 bridgehead atoms. The van der Waals surface area contributed by atoms with Crippen LogP contribution in [0.3, 0.4) is 0 Å². The van der Waals surface area contributed by atoms with Gasteiger partial charge < -0.3 is 11.1 Å². The van der Waals surface area contributed by atoms with E-state index in [1.807, 2.05) is 43.3 Å². The van der Waals surface area contributed by atoms with Crippen LogP contribution in [0, 0.1) is 11.3 Å². The average molecular weight is 529 g/mol. The van der Waals surface area contributed by atoms with Gasteiger partial charge in [-0.25, -0.2) is 4.39 Å². The highest BCUT2D eigenvalue weighted by atomic mass is 19.1. The van der Waals surface area contributed by atoms with E-state index >= 15 is 0 Å². The van der Waals surface area contributed by atoms with Crippen molar-refractivity contribution in [1.29, 1.82) is 0 Å². The fourth-order valence-electron chi connectivity index (χ4n) is 5.69. The Kier molecular flexibility index (Phi) is 8.03. The molecule has 5 nitrogen and oxygen atoms in total. The van der Waals surface area contributed by atoms with Gasteiger partial charge in [0.25, 0.3) is 0 Å². The first-order valence-corrected chi connectivity index (χ1v) is 14.4. The first-order valence-electron chi connectivity index (χ1n) is 14.4. The van der Waals surface area contributed by atoms with Crippen LogP contribution in [-0.2, 0) is 23.6 Å². The lowest BCUT2D eigenvalue weighted by Crippen LogP contribution is -2.44. The molecule has 1 amide bonds. The van der Waals surface area contributed by atoms with Crippen molar-refractivity contribution in [2.24, 2.45) is 22.1 Å². The minimum Gasteiger partial charge on any atom is -0.387 e. The quantitative estimate of drug-likeness (QED) is 0.247. The largest absolute Gasteiger partial charge is 0.387 e. The molecule has 1 saturated heterocycles. The van der Waals surface area contributed by atoms with E-state index in [0.717, 1.165) is 62.0 Å². The molecule has 6 heteroatoms. The van der Waals surface area contributed by atoms with E-state index in [0.29, 0.717) is 31.3 Å². The summed E-state index contributed by atoms with van der Waals surface area (Å²) in [7, 11) is 0. The van der Waals surface area contributed by atoms with Gasteiger partial charge in [-0.15, -0.1) is 0 Å². The highest BCUT2D eigenvalue weighted by molar-refractivity contribution is 6.09. The predicted molar refractivity (Wildman–Crippen MR) is 157 cm³/mol. The summed E-state index contributed by atoms with van der Waals surface area (Å²) in [6.45, 7) is 7.48. The van der Waals surface area contributed by atoms with Gasteiger partial charge in [-0.05, 0) is 85.5 Å². The Morgan fingerprint density at radius 1 is 1.10 bits per heavy atom. The average Bonchev–Trinajstić information content (AvgIpc) is 3.78. The summed E-state index contributed by atoms with van der Waals surface area (Å²) >= 11 is 0. The maximum Gasteiger partial charge on any atom is 0.233 e. The van der Waals surface area contributed by atoms with Crippen LogP contribution in [0.5, 0.6) is 0 Å². The molecule has 2 fully saturated rings. The van der Waals surface area contributed by atoms with E-state index in [2.05, 4.69) is 45.5 Å². The van der Waals surface area contributed by atoms with Gasteiger partial charge in [0.1, 0.15) is 16.9 Å². The molecule has 1 atom stereocenters. The van der Waals surface area contributed by atoms with E-state index in [1.54, 1.807) is 6.92 Å². The number of amides is 1. The monoisotopic (exact) mass is 528 g/mol. The molecule has 1 heterocycles. The zero-order chi connectivity index (χ0) is 27.5. The Balaban J connectivity index is 1.10. The van der Waals surface area contributed by atoms with Gasteiger partial charge >= 0.3 is 0 Å². The van der Waals surface area contributed by atoms with Crippen LogP contribution in [-0.4, -0.2) is 36.3 Å². The Hall–Kier alpha value is -3.25. The van der Waals surface area contributed by atoms with Gasteiger partial charge in [0.2, 0.25) is 5.91 Å². The molecule has 3 N–H and O–H groups in total. The van der Waals surface area contributed by atoms with Crippen LogP contribution in [0.4, 0.5) is 4.39 Å². The number of benzene rings is 3. The molecule has 1 aliphatic carbocycles. The number of fused-ring (bicyclic) bond motifs is 1. The predicted octanol–water partition coefficient (Wildman–Crippen LogP) is 6.10. The number of hydrogen-bond acceptors (Lipinski definition) is 3. The number of halogens is 1. The number of nitrogens with zero attached hydrogens (tertiary/aromatic N) is 2. The highest BCUT2D eigenvalue weighted by Crippen LogP contribution is 2.46. The number of likely N-dealkylation sites (tertiary alicyclic amines) is 1. The summed E-state index contributed by atoms with van der Waals surface area (Å²) in [5, 5.41) is 5.55. The SMILES string of the molecule is CC[C@@](C)(F)c1cccc(CN2CCC(CNC(=O)C3(C(N)=NCc4cccc5ccccc45)CC3)CC2)c1.